The Hall–Kier alpha value is -1.57. The van der Waals surface area contributed by atoms with Crippen molar-refractivity contribution in [3.05, 3.63) is 24.3 Å². The summed E-state index contributed by atoms with van der Waals surface area (Å²) in [6, 6.07) is 4.43. The third kappa shape index (κ3) is 3.46. The molecule has 1 amide bonds. The Balaban J connectivity index is 3.21. The van der Waals surface area contributed by atoms with E-state index in [-0.39, 0.29) is 12.1 Å². The zero-order valence-electron chi connectivity index (χ0n) is 9.99. The highest BCUT2D eigenvalue weighted by Gasteiger charge is 2.47. The van der Waals surface area contributed by atoms with Crippen LogP contribution in [0.4, 0.5) is 18.9 Å². The first-order valence-electron chi connectivity index (χ1n) is 5.40. The molecule has 106 valence electrons. The molecule has 0 aliphatic heterocycles. The van der Waals surface area contributed by atoms with Crippen LogP contribution < -0.4 is 5.32 Å². The summed E-state index contributed by atoms with van der Waals surface area (Å²) >= 11 is 0. The van der Waals surface area contributed by atoms with Crippen molar-refractivity contribution in [2.45, 2.75) is 30.2 Å². The number of sulfone groups is 1. The van der Waals surface area contributed by atoms with E-state index in [0.717, 1.165) is 18.2 Å². The lowest BCUT2D eigenvalue weighted by Gasteiger charge is -2.13. The fraction of sp³-hybridized carbons (Fsp3) is 0.364. The summed E-state index contributed by atoms with van der Waals surface area (Å²) < 4.78 is 60.1. The number of nitrogens with one attached hydrogen (secondary N) is 1. The van der Waals surface area contributed by atoms with Crippen LogP contribution in [0.15, 0.2) is 29.2 Å². The molecule has 0 aliphatic carbocycles. The fourth-order valence-corrected chi connectivity index (χ4v) is 2.28. The molecule has 0 bridgehead atoms. The molecular weight excluding hydrogens is 283 g/mol. The van der Waals surface area contributed by atoms with Crippen LogP contribution in [0.5, 0.6) is 0 Å². The first-order valence-corrected chi connectivity index (χ1v) is 6.88. The Labute approximate surface area is 108 Å². The summed E-state index contributed by atoms with van der Waals surface area (Å²) in [6.45, 7) is 1.72. The van der Waals surface area contributed by atoms with E-state index < -0.39 is 26.1 Å². The van der Waals surface area contributed by atoms with Crippen molar-refractivity contribution in [2.75, 3.05) is 5.32 Å². The van der Waals surface area contributed by atoms with Gasteiger partial charge in [-0.1, -0.05) is 19.1 Å². The molecule has 0 aromatic heterocycles. The number of benzene rings is 1. The maximum absolute atomic E-state index is 12.5. The third-order valence-corrected chi connectivity index (χ3v) is 3.78. The lowest BCUT2D eigenvalue weighted by Crippen LogP contribution is -2.25. The fourth-order valence-electron chi connectivity index (χ4n) is 1.37. The molecule has 0 fully saturated rings. The molecule has 0 unspecified atom stereocenters. The molecule has 0 saturated carbocycles. The van der Waals surface area contributed by atoms with E-state index >= 15 is 0 Å². The van der Waals surface area contributed by atoms with Crippen molar-refractivity contribution < 1.29 is 26.4 Å². The molecule has 0 saturated heterocycles. The highest BCUT2D eigenvalue weighted by atomic mass is 32.2. The van der Waals surface area contributed by atoms with Crippen LogP contribution >= 0.6 is 0 Å². The highest BCUT2D eigenvalue weighted by molar-refractivity contribution is 7.92. The van der Waals surface area contributed by atoms with Crippen molar-refractivity contribution in [1.82, 2.24) is 0 Å². The second kappa shape index (κ2) is 5.60. The summed E-state index contributed by atoms with van der Waals surface area (Å²) in [5.41, 5.74) is -5.77. The van der Waals surface area contributed by atoms with E-state index in [9.17, 15) is 26.4 Å². The molecule has 19 heavy (non-hydrogen) atoms. The number of hydrogen-bond donors (Lipinski definition) is 1. The Morgan fingerprint density at radius 2 is 1.84 bits per heavy atom. The number of hydrogen-bond acceptors (Lipinski definition) is 3. The number of rotatable bonds is 4. The lowest BCUT2D eigenvalue weighted by molar-refractivity contribution is -0.116. The minimum Gasteiger partial charge on any atom is -0.325 e. The smallest absolute Gasteiger partial charge is 0.325 e. The van der Waals surface area contributed by atoms with Crippen LogP contribution in [0, 0.1) is 0 Å². The molecule has 0 aliphatic rings. The van der Waals surface area contributed by atoms with Gasteiger partial charge in [-0.25, -0.2) is 8.42 Å². The van der Waals surface area contributed by atoms with Crippen LogP contribution in [-0.2, 0) is 14.6 Å². The summed E-state index contributed by atoms with van der Waals surface area (Å²) in [5, 5.41) is 2.17. The SMILES string of the molecule is CCCC(=O)Nc1ccccc1S(=O)(=O)C(F)(F)F. The van der Waals surface area contributed by atoms with Crippen molar-refractivity contribution >= 4 is 21.4 Å². The Kier molecular flexibility index (Phi) is 4.56. The topological polar surface area (TPSA) is 63.2 Å². The summed E-state index contributed by atoms with van der Waals surface area (Å²) in [4.78, 5) is 10.4. The molecule has 0 radical (unpaired) electrons. The molecule has 0 atom stereocenters. The maximum atomic E-state index is 12.5. The van der Waals surface area contributed by atoms with Gasteiger partial charge in [0.25, 0.3) is 9.84 Å². The number of carbonyl (C=O) groups excluding carboxylic acids is 1. The van der Waals surface area contributed by atoms with Gasteiger partial charge in [-0.2, -0.15) is 13.2 Å². The number of carbonyl (C=O) groups is 1. The van der Waals surface area contributed by atoms with Gasteiger partial charge in [-0.05, 0) is 18.6 Å². The molecule has 4 nitrogen and oxygen atoms in total. The number of anilines is 1. The van der Waals surface area contributed by atoms with Gasteiger partial charge in [0.2, 0.25) is 5.91 Å². The second-order valence-corrected chi connectivity index (χ2v) is 5.65. The monoisotopic (exact) mass is 295 g/mol. The predicted molar refractivity (Wildman–Crippen MR) is 63.2 cm³/mol. The summed E-state index contributed by atoms with van der Waals surface area (Å²) in [6.07, 6.45) is 0.598. The van der Waals surface area contributed by atoms with E-state index in [1.165, 1.54) is 6.07 Å². The van der Waals surface area contributed by atoms with Crippen LogP contribution in [0.3, 0.4) is 0 Å². The average Bonchev–Trinajstić information content (AvgIpc) is 2.28. The number of halogens is 3. The van der Waals surface area contributed by atoms with Crippen molar-refractivity contribution in [3.8, 4) is 0 Å². The highest BCUT2D eigenvalue weighted by Crippen LogP contribution is 2.34. The van der Waals surface area contributed by atoms with Gasteiger partial charge in [0.05, 0.1) is 10.6 Å². The Morgan fingerprint density at radius 3 is 2.37 bits per heavy atom. The van der Waals surface area contributed by atoms with Crippen LogP contribution in [0.2, 0.25) is 0 Å². The zero-order chi connectivity index (χ0) is 14.7. The van der Waals surface area contributed by atoms with E-state index in [1.807, 2.05) is 0 Å². The quantitative estimate of drug-likeness (QED) is 0.929. The predicted octanol–water partition coefficient (Wildman–Crippen LogP) is 2.72. The van der Waals surface area contributed by atoms with Crippen LogP contribution in [-0.4, -0.2) is 19.8 Å². The van der Waals surface area contributed by atoms with Gasteiger partial charge in [-0.15, -0.1) is 0 Å². The van der Waals surface area contributed by atoms with Crippen molar-refractivity contribution in [3.63, 3.8) is 0 Å². The number of alkyl halides is 3. The maximum Gasteiger partial charge on any atom is 0.501 e. The first kappa shape index (κ1) is 15.5. The van der Waals surface area contributed by atoms with Crippen LogP contribution in [0.1, 0.15) is 19.8 Å². The normalized spacial score (nSPS) is 12.2. The third-order valence-electron chi connectivity index (χ3n) is 2.23. The Bertz CT molecular complexity index is 567. The van der Waals surface area contributed by atoms with E-state index in [2.05, 4.69) is 5.32 Å². The van der Waals surface area contributed by atoms with Gasteiger partial charge in [-0.3, -0.25) is 4.79 Å². The lowest BCUT2D eigenvalue weighted by atomic mass is 10.3. The molecule has 1 aromatic rings. The minimum atomic E-state index is -5.48. The van der Waals surface area contributed by atoms with Crippen molar-refractivity contribution in [2.24, 2.45) is 0 Å². The van der Waals surface area contributed by atoms with Crippen LogP contribution in [0.25, 0.3) is 0 Å². The molecule has 1 N–H and O–H groups in total. The number of para-hydroxylation sites is 1. The van der Waals surface area contributed by atoms with E-state index in [4.69, 9.17) is 0 Å². The average molecular weight is 295 g/mol. The summed E-state index contributed by atoms with van der Waals surface area (Å²) in [7, 11) is -5.48. The largest absolute Gasteiger partial charge is 0.501 e. The molecule has 1 rings (SSSR count). The first-order chi connectivity index (χ1) is 8.70. The van der Waals surface area contributed by atoms with E-state index in [0.29, 0.717) is 6.42 Å². The number of amides is 1. The minimum absolute atomic E-state index is 0.0976. The van der Waals surface area contributed by atoms with Gasteiger partial charge in [0, 0.05) is 6.42 Å². The molecular formula is C11H12F3NO3S. The Morgan fingerprint density at radius 1 is 1.26 bits per heavy atom. The zero-order valence-corrected chi connectivity index (χ0v) is 10.8. The molecule has 0 heterocycles. The van der Waals surface area contributed by atoms with Gasteiger partial charge in [0.15, 0.2) is 0 Å². The molecule has 1 aromatic carbocycles. The molecule has 8 heteroatoms. The van der Waals surface area contributed by atoms with Gasteiger partial charge >= 0.3 is 5.51 Å². The molecule has 0 spiro atoms. The van der Waals surface area contributed by atoms with Gasteiger partial charge in [0.1, 0.15) is 0 Å². The van der Waals surface area contributed by atoms with E-state index in [1.54, 1.807) is 6.92 Å². The second-order valence-electron chi connectivity index (χ2n) is 3.74. The summed E-state index contributed by atoms with van der Waals surface area (Å²) in [5.74, 6) is -0.535. The standard InChI is InChI=1S/C11H12F3NO3S/c1-2-5-10(16)15-8-6-3-4-7-9(8)19(17,18)11(12,13)14/h3-4,6-7H,2,5H2,1H3,(H,15,16). The van der Waals surface area contributed by atoms with Gasteiger partial charge < -0.3 is 5.32 Å². The van der Waals surface area contributed by atoms with Crippen molar-refractivity contribution in [1.29, 1.82) is 0 Å².